The Kier molecular flexibility index (Phi) is 6.33. The van der Waals surface area contributed by atoms with Crippen molar-refractivity contribution < 1.29 is 13.2 Å². The van der Waals surface area contributed by atoms with Crippen LogP contribution >= 0.6 is 23.1 Å². The minimum atomic E-state index is -3.79. The summed E-state index contributed by atoms with van der Waals surface area (Å²) in [7, 11) is -3.79. The molecule has 0 unspecified atom stereocenters. The van der Waals surface area contributed by atoms with Crippen LogP contribution in [0.15, 0.2) is 103 Å². The summed E-state index contributed by atoms with van der Waals surface area (Å²) in [6.07, 6.45) is 0. The molecule has 35 heavy (non-hydrogen) atoms. The molecule has 0 atom stereocenters. The van der Waals surface area contributed by atoms with E-state index < -0.39 is 15.9 Å². The van der Waals surface area contributed by atoms with Gasteiger partial charge in [-0.25, -0.2) is 13.8 Å². The van der Waals surface area contributed by atoms with Crippen LogP contribution in [0.4, 0.5) is 17.1 Å². The fourth-order valence-electron chi connectivity index (χ4n) is 3.51. The molecule has 3 aromatic carbocycles. The van der Waals surface area contributed by atoms with Gasteiger partial charge in [-0.1, -0.05) is 48.2 Å². The molecule has 0 radical (unpaired) electrons. The predicted molar refractivity (Wildman–Crippen MR) is 142 cm³/mol. The normalized spacial score (nSPS) is 12.8. The van der Waals surface area contributed by atoms with Crippen LogP contribution in [0, 0.1) is 0 Å². The number of carbonyl (C=O) groups is 1. The molecular weight excluding hydrogens is 501 g/mol. The van der Waals surface area contributed by atoms with Crippen molar-refractivity contribution in [1.82, 2.24) is 5.43 Å². The third kappa shape index (κ3) is 4.95. The van der Waals surface area contributed by atoms with Crippen molar-refractivity contribution >= 4 is 61.8 Å². The topological polar surface area (TPSA) is 99.7 Å². The van der Waals surface area contributed by atoms with Gasteiger partial charge in [0.2, 0.25) is 0 Å². The summed E-state index contributed by atoms with van der Waals surface area (Å²) in [6, 6.07) is 23.7. The predicted octanol–water partition coefficient (Wildman–Crippen LogP) is 5.91. The highest BCUT2D eigenvalue weighted by Crippen LogP contribution is 2.44. The van der Waals surface area contributed by atoms with E-state index in [0.717, 1.165) is 33.2 Å². The molecule has 10 heteroatoms. The van der Waals surface area contributed by atoms with Gasteiger partial charge in [0, 0.05) is 9.79 Å². The lowest BCUT2D eigenvalue weighted by Crippen LogP contribution is -2.22. The van der Waals surface area contributed by atoms with Gasteiger partial charge in [-0.05, 0) is 60.3 Å². The zero-order valence-corrected chi connectivity index (χ0v) is 20.9. The van der Waals surface area contributed by atoms with E-state index >= 15 is 0 Å². The first-order valence-electron chi connectivity index (χ1n) is 10.6. The SMILES string of the molecule is CC(=NNC(=O)c1ccccc1NS(=O)(=O)c1cccs1)c1ccc2c(c1)Nc1ccccc1S2. The van der Waals surface area contributed by atoms with Crippen LogP contribution in [0.3, 0.4) is 0 Å². The average Bonchev–Trinajstić information content (AvgIpc) is 3.42. The van der Waals surface area contributed by atoms with Gasteiger partial charge in [0.1, 0.15) is 4.21 Å². The highest BCUT2D eigenvalue weighted by molar-refractivity contribution is 7.99. The maximum absolute atomic E-state index is 12.9. The molecule has 1 aliphatic rings. The quantitative estimate of drug-likeness (QED) is 0.191. The average molecular weight is 521 g/mol. The van der Waals surface area contributed by atoms with E-state index in [4.69, 9.17) is 0 Å². The lowest BCUT2D eigenvalue weighted by Gasteiger charge is -2.21. The van der Waals surface area contributed by atoms with Crippen LogP contribution in [-0.4, -0.2) is 20.0 Å². The van der Waals surface area contributed by atoms with E-state index in [0.29, 0.717) is 5.71 Å². The molecule has 176 valence electrons. The van der Waals surface area contributed by atoms with E-state index in [-0.39, 0.29) is 15.5 Å². The number of para-hydroxylation sites is 2. The number of rotatable bonds is 6. The molecule has 0 bridgehead atoms. The third-order valence-electron chi connectivity index (χ3n) is 5.27. The molecule has 0 saturated carbocycles. The number of fused-ring (bicyclic) bond motifs is 2. The van der Waals surface area contributed by atoms with Gasteiger partial charge in [-0.3, -0.25) is 9.52 Å². The standard InChI is InChI=1S/C25H20N4O3S3/c1-16(17-12-13-23-21(15-17)26-20-9-4-5-10-22(20)34-23)27-28-25(30)18-7-2-3-8-19(18)29-35(31,32)24-11-6-14-33-24/h2-15,26,29H,1H3,(H,28,30). The molecule has 5 rings (SSSR count). The maximum atomic E-state index is 12.9. The Hall–Kier alpha value is -3.60. The van der Waals surface area contributed by atoms with Crippen molar-refractivity contribution in [2.24, 2.45) is 5.10 Å². The summed E-state index contributed by atoms with van der Waals surface area (Å²) in [5, 5.41) is 9.38. The Morgan fingerprint density at radius 1 is 0.914 bits per heavy atom. The molecule has 0 spiro atoms. The molecule has 0 fully saturated rings. The van der Waals surface area contributed by atoms with Crippen molar-refractivity contribution in [2.45, 2.75) is 20.9 Å². The molecule has 1 aliphatic heterocycles. The molecule has 2 heterocycles. The number of nitrogens with zero attached hydrogens (tertiary/aromatic N) is 1. The second kappa shape index (κ2) is 9.57. The zero-order chi connectivity index (χ0) is 24.4. The van der Waals surface area contributed by atoms with Crippen LogP contribution in [-0.2, 0) is 10.0 Å². The van der Waals surface area contributed by atoms with Crippen molar-refractivity contribution in [3.8, 4) is 0 Å². The Morgan fingerprint density at radius 2 is 1.69 bits per heavy atom. The number of hydrazone groups is 1. The minimum absolute atomic E-state index is 0.170. The third-order valence-corrected chi connectivity index (χ3v) is 9.19. The second-order valence-corrected chi connectivity index (χ2v) is 11.6. The monoisotopic (exact) mass is 520 g/mol. The first-order chi connectivity index (χ1) is 16.9. The van der Waals surface area contributed by atoms with Crippen LogP contribution in [0.25, 0.3) is 0 Å². The minimum Gasteiger partial charge on any atom is -0.354 e. The Balaban J connectivity index is 1.33. The number of hydrogen-bond donors (Lipinski definition) is 3. The van der Waals surface area contributed by atoms with Crippen molar-refractivity contribution in [1.29, 1.82) is 0 Å². The summed E-state index contributed by atoms with van der Waals surface area (Å²) < 4.78 is 27.9. The molecule has 7 nitrogen and oxygen atoms in total. The van der Waals surface area contributed by atoms with Crippen molar-refractivity contribution in [2.75, 3.05) is 10.0 Å². The van der Waals surface area contributed by atoms with E-state index in [9.17, 15) is 13.2 Å². The Labute approximate surface area is 211 Å². The Bertz CT molecular complexity index is 1550. The van der Waals surface area contributed by atoms with Gasteiger partial charge in [0.05, 0.1) is 28.3 Å². The highest BCUT2D eigenvalue weighted by Gasteiger charge is 2.20. The second-order valence-electron chi connectivity index (χ2n) is 7.66. The fraction of sp³-hybridized carbons (Fsp3) is 0.0400. The van der Waals surface area contributed by atoms with Gasteiger partial charge in [-0.15, -0.1) is 11.3 Å². The van der Waals surface area contributed by atoms with Gasteiger partial charge in [0.15, 0.2) is 0 Å². The molecule has 1 aromatic heterocycles. The highest BCUT2D eigenvalue weighted by atomic mass is 32.2. The summed E-state index contributed by atoms with van der Waals surface area (Å²) in [5.74, 6) is -0.519. The van der Waals surface area contributed by atoms with Crippen LogP contribution in [0.5, 0.6) is 0 Å². The maximum Gasteiger partial charge on any atom is 0.273 e. The fourth-order valence-corrected chi connectivity index (χ4v) is 6.55. The van der Waals surface area contributed by atoms with Crippen LogP contribution in [0.1, 0.15) is 22.8 Å². The molecule has 1 amide bonds. The first kappa shape index (κ1) is 23.2. The van der Waals surface area contributed by atoms with E-state index in [1.54, 1.807) is 54.4 Å². The summed E-state index contributed by atoms with van der Waals surface area (Å²) >= 11 is 2.80. The van der Waals surface area contributed by atoms with E-state index in [1.165, 1.54) is 11.0 Å². The first-order valence-corrected chi connectivity index (χ1v) is 13.8. The number of sulfonamides is 1. The lowest BCUT2D eigenvalue weighted by molar-refractivity contribution is 0.0955. The smallest absolute Gasteiger partial charge is 0.273 e. The van der Waals surface area contributed by atoms with Crippen molar-refractivity contribution in [3.05, 3.63) is 95.4 Å². The molecule has 0 aliphatic carbocycles. The lowest BCUT2D eigenvalue weighted by atomic mass is 10.1. The number of amides is 1. The summed E-state index contributed by atoms with van der Waals surface area (Å²) in [6.45, 7) is 1.80. The number of carbonyl (C=O) groups excluding carboxylic acids is 1. The molecule has 3 N–H and O–H groups in total. The van der Waals surface area contributed by atoms with Crippen molar-refractivity contribution in [3.63, 3.8) is 0 Å². The summed E-state index contributed by atoms with van der Waals surface area (Å²) in [5.41, 5.74) is 6.38. The van der Waals surface area contributed by atoms with Gasteiger partial charge < -0.3 is 5.32 Å². The van der Waals surface area contributed by atoms with Gasteiger partial charge >= 0.3 is 0 Å². The van der Waals surface area contributed by atoms with Crippen LogP contribution < -0.4 is 15.5 Å². The van der Waals surface area contributed by atoms with Gasteiger partial charge in [-0.2, -0.15) is 5.10 Å². The molecular formula is C25H20N4O3S3. The number of hydrogen-bond acceptors (Lipinski definition) is 7. The van der Waals surface area contributed by atoms with Gasteiger partial charge in [0.25, 0.3) is 15.9 Å². The molecule has 4 aromatic rings. The molecule has 0 saturated heterocycles. The summed E-state index contributed by atoms with van der Waals surface area (Å²) in [4.78, 5) is 15.2. The Morgan fingerprint density at radius 3 is 2.51 bits per heavy atom. The number of benzene rings is 3. The van der Waals surface area contributed by atoms with E-state index in [2.05, 4.69) is 26.6 Å². The number of anilines is 3. The van der Waals surface area contributed by atoms with Crippen LogP contribution in [0.2, 0.25) is 0 Å². The largest absolute Gasteiger partial charge is 0.354 e. The number of thiophene rings is 1. The zero-order valence-electron chi connectivity index (χ0n) is 18.5. The number of nitrogens with one attached hydrogen (secondary N) is 3. The van der Waals surface area contributed by atoms with E-state index in [1.807, 2.05) is 36.4 Å².